The number of halogens is 2. The molecule has 0 spiro atoms. The number of carbonyl (C=O) groups excluding carboxylic acids is 1. The third kappa shape index (κ3) is 5.65. The maximum atomic E-state index is 13.1. The van der Waals surface area contributed by atoms with Crippen LogP contribution in [0.3, 0.4) is 0 Å². The smallest absolute Gasteiger partial charge is 0.221 e. The summed E-state index contributed by atoms with van der Waals surface area (Å²) >= 11 is 0. The van der Waals surface area contributed by atoms with Gasteiger partial charge in [0.05, 0.1) is 0 Å². The number of carbonyl (C=O) groups is 1. The number of nitrogens with one attached hydrogen (secondary N) is 2. The van der Waals surface area contributed by atoms with Gasteiger partial charge in [-0.1, -0.05) is 19.9 Å². The number of benzene rings is 1. The van der Waals surface area contributed by atoms with E-state index in [0.717, 1.165) is 6.07 Å². The van der Waals surface area contributed by atoms with E-state index in [9.17, 15) is 13.6 Å². The first-order valence-corrected chi connectivity index (χ1v) is 6.85. The lowest BCUT2D eigenvalue weighted by molar-refractivity contribution is -0.121. The van der Waals surface area contributed by atoms with Crippen molar-refractivity contribution < 1.29 is 13.6 Å². The van der Waals surface area contributed by atoms with Gasteiger partial charge in [-0.05, 0) is 30.5 Å². The van der Waals surface area contributed by atoms with Crippen molar-refractivity contribution in [1.82, 2.24) is 10.6 Å². The molecule has 1 aromatic carbocycles. The van der Waals surface area contributed by atoms with Gasteiger partial charge in [-0.2, -0.15) is 0 Å². The van der Waals surface area contributed by atoms with E-state index < -0.39 is 11.6 Å². The molecule has 0 saturated heterocycles. The average Bonchev–Trinajstić information content (AvgIpc) is 2.39. The van der Waals surface area contributed by atoms with Crippen molar-refractivity contribution in [2.75, 3.05) is 13.1 Å². The predicted molar refractivity (Wildman–Crippen MR) is 75.2 cm³/mol. The fourth-order valence-corrected chi connectivity index (χ4v) is 1.71. The van der Waals surface area contributed by atoms with Gasteiger partial charge in [0, 0.05) is 25.6 Å². The second-order valence-corrected chi connectivity index (χ2v) is 5.30. The number of hydrogen-bond donors (Lipinski definition) is 2. The molecule has 0 heterocycles. The third-order valence-electron chi connectivity index (χ3n) is 2.95. The van der Waals surface area contributed by atoms with Crippen molar-refractivity contribution in [1.29, 1.82) is 0 Å². The summed E-state index contributed by atoms with van der Waals surface area (Å²) in [5.41, 5.74) is 0.659. The van der Waals surface area contributed by atoms with E-state index in [1.165, 1.54) is 12.1 Å². The van der Waals surface area contributed by atoms with Crippen LogP contribution in [0.1, 0.15) is 38.8 Å². The lowest BCUT2D eigenvalue weighted by atomic mass is 10.1. The van der Waals surface area contributed by atoms with Crippen molar-refractivity contribution in [3.05, 3.63) is 35.4 Å². The molecule has 3 nitrogen and oxygen atoms in total. The fraction of sp³-hybridized carbons (Fsp3) is 0.533. The minimum absolute atomic E-state index is 0.0105. The topological polar surface area (TPSA) is 41.1 Å². The highest BCUT2D eigenvalue weighted by atomic mass is 19.2. The zero-order valence-corrected chi connectivity index (χ0v) is 12.2. The second kappa shape index (κ2) is 7.94. The Kier molecular flexibility index (Phi) is 6.58. The quantitative estimate of drug-likeness (QED) is 0.808. The van der Waals surface area contributed by atoms with Gasteiger partial charge in [-0.15, -0.1) is 0 Å². The molecule has 20 heavy (non-hydrogen) atoms. The SMILES string of the molecule is CC(C)CNC(=O)CCNC(C)c1ccc(F)c(F)c1. The number of hydrogen-bond acceptors (Lipinski definition) is 2. The second-order valence-electron chi connectivity index (χ2n) is 5.30. The molecule has 0 aliphatic heterocycles. The fourth-order valence-electron chi connectivity index (χ4n) is 1.71. The first kappa shape index (κ1) is 16.6. The van der Waals surface area contributed by atoms with Gasteiger partial charge in [-0.25, -0.2) is 8.78 Å². The van der Waals surface area contributed by atoms with Crippen LogP contribution >= 0.6 is 0 Å². The van der Waals surface area contributed by atoms with E-state index in [-0.39, 0.29) is 11.9 Å². The van der Waals surface area contributed by atoms with Gasteiger partial charge in [-0.3, -0.25) is 4.79 Å². The highest BCUT2D eigenvalue weighted by Gasteiger charge is 2.09. The zero-order chi connectivity index (χ0) is 15.1. The van der Waals surface area contributed by atoms with Crippen LogP contribution in [0.25, 0.3) is 0 Å². The molecule has 1 atom stereocenters. The molecule has 1 aromatic rings. The average molecular weight is 284 g/mol. The molecule has 5 heteroatoms. The minimum atomic E-state index is -0.856. The summed E-state index contributed by atoms with van der Waals surface area (Å²) in [6.07, 6.45) is 0.362. The van der Waals surface area contributed by atoms with Crippen molar-refractivity contribution in [3.63, 3.8) is 0 Å². The molecular formula is C15H22F2N2O. The summed E-state index contributed by atoms with van der Waals surface area (Å²) in [6.45, 7) is 7.06. The molecule has 0 aromatic heterocycles. The molecule has 2 N–H and O–H groups in total. The number of rotatable bonds is 7. The normalized spacial score (nSPS) is 12.5. The van der Waals surface area contributed by atoms with Crippen LogP contribution in [0.15, 0.2) is 18.2 Å². The van der Waals surface area contributed by atoms with E-state index in [0.29, 0.717) is 31.0 Å². The van der Waals surface area contributed by atoms with Crippen LogP contribution in [0.5, 0.6) is 0 Å². The summed E-state index contributed by atoms with van der Waals surface area (Å²) in [5, 5.41) is 5.94. The Morgan fingerprint density at radius 2 is 1.90 bits per heavy atom. The molecule has 1 rings (SSSR count). The van der Waals surface area contributed by atoms with Crippen molar-refractivity contribution in [3.8, 4) is 0 Å². The Morgan fingerprint density at radius 1 is 1.20 bits per heavy atom. The third-order valence-corrected chi connectivity index (χ3v) is 2.95. The molecular weight excluding hydrogens is 262 g/mol. The summed E-state index contributed by atoms with van der Waals surface area (Å²) in [7, 11) is 0. The first-order chi connectivity index (χ1) is 9.40. The van der Waals surface area contributed by atoms with Crippen LogP contribution < -0.4 is 10.6 Å². The molecule has 0 fully saturated rings. The molecule has 0 radical (unpaired) electrons. The van der Waals surface area contributed by atoms with Crippen LogP contribution in [0.2, 0.25) is 0 Å². The summed E-state index contributed by atoms with van der Waals surface area (Å²) in [4.78, 5) is 11.5. The monoisotopic (exact) mass is 284 g/mol. The summed E-state index contributed by atoms with van der Waals surface area (Å²) in [5.74, 6) is -1.29. The summed E-state index contributed by atoms with van der Waals surface area (Å²) < 4.78 is 25.9. The highest BCUT2D eigenvalue weighted by Crippen LogP contribution is 2.15. The van der Waals surface area contributed by atoms with Crippen molar-refractivity contribution in [2.24, 2.45) is 5.92 Å². The van der Waals surface area contributed by atoms with Gasteiger partial charge >= 0.3 is 0 Å². The lowest BCUT2D eigenvalue weighted by Gasteiger charge is -2.14. The maximum Gasteiger partial charge on any atom is 0.221 e. The predicted octanol–water partition coefficient (Wildman–Crippen LogP) is 2.78. The Bertz CT molecular complexity index is 449. The molecule has 0 saturated carbocycles. The van der Waals surface area contributed by atoms with Gasteiger partial charge in [0.25, 0.3) is 0 Å². The Labute approximate surface area is 118 Å². The summed E-state index contributed by atoms with van der Waals surface area (Å²) in [6, 6.07) is 3.68. The van der Waals surface area contributed by atoms with E-state index >= 15 is 0 Å². The largest absolute Gasteiger partial charge is 0.356 e. The van der Waals surface area contributed by atoms with Gasteiger partial charge in [0.15, 0.2) is 11.6 Å². The van der Waals surface area contributed by atoms with E-state index in [1.807, 2.05) is 20.8 Å². The van der Waals surface area contributed by atoms with Crippen LogP contribution in [0, 0.1) is 17.6 Å². The van der Waals surface area contributed by atoms with Gasteiger partial charge < -0.3 is 10.6 Å². The van der Waals surface area contributed by atoms with Gasteiger partial charge in [0.1, 0.15) is 0 Å². The zero-order valence-electron chi connectivity index (χ0n) is 12.2. The molecule has 1 amide bonds. The van der Waals surface area contributed by atoms with E-state index in [1.54, 1.807) is 0 Å². The minimum Gasteiger partial charge on any atom is -0.356 e. The van der Waals surface area contributed by atoms with Crippen LogP contribution in [-0.2, 0) is 4.79 Å². The lowest BCUT2D eigenvalue weighted by Crippen LogP contribution is -2.31. The number of amides is 1. The van der Waals surface area contributed by atoms with Crippen LogP contribution in [-0.4, -0.2) is 19.0 Å². The van der Waals surface area contributed by atoms with Gasteiger partial charge in [0.2, 0.25) is 5.91 Å². The van der Waals surface area contributed by atoms with E-state index in [2.05, 4.69) is 10.6 Å². The van der Waals surface area contributed by atoms with Crippen molar-refractivity contribution in [2.45, 2.75) is 33.2 Å². The standard InChI is InChI=1S/C15H22F2N2O/c1-10(2)9-19-15(20)6-7-18-11(3)12-4-5-13(16)14(17)8-12/h4-5,8,10-11,18H,6-7,9H2,1-3H3,(H,19,20). The first-order valence-electron chi connectivity index (χ1n) is 6.85. The highest BCUT2D eigenvalue weighted by molar-refractivity contribution is 5.76. The molecule has 0 aliphatic rings. The molecule has 112 valence electrons. The molecule has 0 bridgehead atoms. The van der Waals surface area contributed by atoms with Crippen LogP contribution in [0.4, 0.5) is 8.78 Å². The Balaban J connectivity index is 2.34. The maximum absolute atomic E-state index is 13.1. The molecule has 1 unspecified atom stereocenters. The van der Waals surface area contributed by atoms with E-state index in [4.69, 9.17) is 0 Å². The Morgan fingerprint density at radius 3 is 2.50 bits per heavy atom. The van der Waals surface area contributed by atoms with Crippen molar-refractivity contribution >= 4 is 5.91 Å². The molecule has 0 aliphatic carbocycles. The Hall–Kier alpha value is -1.49.